The van der Waals surface area contributed by atoms with Gasteiger partial charge < -0.3 is 14.2 Å². The molecule has 3 unspecified atom stereocenters. The molecule has 0 aromatic rings. The van der Waals surface area contributed by atoms with E-state index >= 15 is 0 Å². The molecule has 80 valence electrons. The van der Waals surface area contributed by atoms with Gasteiger partial charge in [-0.05, 0) is 25.2 Å². The van der Waals surface area contributed by atoms with E-state index in [1.165, 1.54) is 19.3 Å². The second kappa shape index (κ2) is 3.47. The fourth-order valence-electron chi connectivity index (χ4n) is 2.77. The van der Waals surface area contributed by atoms with Crippen LogP contribution in [0.5, 0.6) is 0 Å². The molecule has 14 heavy (non-hydrogen) atoms. The highest BCUT2D eigenvalue weighted by atomic mass is 16.6. The largest absolute Gasteiger partial charge is 0.378 e. The molecule has 0 radical (unpaired) electrons. The van der Waals surface area contributed by atoms with E-state index in [9.17, 15) is 0 Å². The van der Waals surface area contributed by atoms with Crippen LogP contribution in [0.2, 0.25) is 0 Å². The predicted molar refractivity (Wildman–Crippen MR) is 51.2 cm³/mol. The lowest BCUT2D eigenvalue weighted by Crippen LogP contribution is -2.40. The molecular weight excluding hydrogens is 180 g/mol. The van der Waals surface area contributed by atoms with Gasteiger partial charge in [0.1, 0.15) is 0 Å². The average Bonchev–Trinajstić information content (AvgIpc) is 2.88. The first-order valence-electron chi connectivity index (χ1n) is 5.70. The lowest BCUT2D eigenvalue weighted by molar-refractivity contribution is -0.0994. The van der Waals surface area contributed by atoms with E-state index < -0.39 is 0 Å². The van der Waals surface area contributed by atoms with Crippen molar-refractivity contribution in [1.82, 2.24) is 0 Å². The second-order valence-electron chi connectivity index (χ2n) is 4.88. The molecule has 0 amide bonds. The topological polar surface area (TPSA) is 31.0 Å². The molecule has 0 N–H and O–H groups in total. The van der Waals surface area contributed by atoms with Crippen molar-refractivity contribution in [3.8, 4) is 0 Å². The third-order valence-electron chi connectivity index (χ3n) is 3.66. The van der Waals surface area contributed by atoms with Crippen LogP contribution in [0, 0.1) is 5.92 Å². The summed E-state index contributed by atoms with van der Waals surface area (Å²) in [5.41, 5.74) is 0.0812. The lowest BCUT2D eigenvalue weighted by Gasteiger charge is -2.37. The summed E-state index contributed by atoms with van der Waals surface area (Å²) in [6.07, 6.45) is 5.30. The van der Waals surface area contributed by atoms with Gasteiger partial charge in [-0.15, -0.1) is 0 Å². The molecule has 3 aliphatic heterocycles. The Morgan fingerprint density at radius 2 is 2.21 bits per heavy atom. The summed E-state index contributed by atoms with van der Waals surface area (Å²) in [5.74, 6) is 0.804. The number of ether oxygens (including phenoxy) is 3. The molecule has 3 nitrogen and oxygen atoms in total. The van der Waals surface area contributed by atoms with Crippen molar-refractivity contribution in [2.75, 3.05) is 26.4 Å². The van der Waals surface area contributed by atoms with Gasteiger partial charge in [0.05, 0.1) is 24.9 Å². The summed E-state index contributed by atoms with van der Waals surface area (Å²) in [6, 6.07) is 0. The summed E-state index contributed by atoms with van der Waals surface area (Å²) in [7, 11) is 0. The van der Waals surface area contributed by atoms with Crippen LogP contribution in [0.4, 0.5) is 0 Å². The predicted octanol–water partition coefficient (Wildman–Crippen LogP) is 1.36. The Morgan fingerprint density at radius 3 is 2.93 bits per heavy atom. The van der Waals surface area contributed by atoms with Gasteiger partial charge >= 0.3 is 0 Å². The molecule has 1 spiro atoms. The molecule has 3 aliphatic rings. The molecular formula is C11H18O3. The second-order valence-corrected chi connectivity index (χ2v) is 4.88. The Labute approximate surface area is 84.7 Å². The molecule has 3 saturated heterocycles. The Balaban J connectivity index is 1.59. The van der Waals surface area contributed by atoms with Gasteiger partial charge in [0.2, 0.25) is 0 Å². The summed E-state index contributed by atoms with van der Waals surface area (Å²) >= 11 is 0. The minimum atomic E-state index is 0.0812. The highest BCUT2D eigenvalue weighted by Gasteiger charge is 2.42. The SMILES string of the molecule is C1CC2(CO1)CC(CC1CO1)CCO2. The average molecular weight is 198 g/mol. The number of rotatable bonds is 2. The highest BCUT2D eigenvalue weighted by molar-refractivity contribution is 4.91. The molecule has 0 aliphatic carbocycles. The van der Waals surface area contributed by atoms with Crippen molar-refractivity contribution >= 4 is 0 Å². The van der Waals surface area contributed by atoms with Gasteiger partial charge in [-0.25, -0.2) is 0 Å². The van der Waals surface area contributed by atoms with Gasteiger partial charge in [-0.3, -0.25) is 0 Å². The fourth-order valence-corrected chi connectivity index (χ4v) is 2.77. The summed E-state index contributed by atoms with van der Waals surface area (Å²) < 4.78 is 16.6. The number of hydrogen-bond donors (Lipinski definition) is 0. The molecule has 0 aromatic heterocycles. The summed E-state index contributed by atoms with van der Waals surface area (Å²) in [5, 5.41) is 0. The van der Waals surface area contributed by atoms with E-state index in [0.29, 0.717) is 6.10 Å². The maximum absolute atomic E-state index is 5.89. The number of hydrogen-bond acceptors (Lipinski definition) is 3. The third-order valence-corrected chi connectivity index (χ3v) is 3.66. The van der Waals surface area contributed by atoms with Crippen LogP contribution in [0.25, 0.3) is 0 Å². The van der Waals surface area contributed by atoms with Crippen molar-refractivity contribution in [2.45, 2.75) is 37.4 Å². The zero-order chi connectivity index (χ0) is 9.43. The minimum Gasteiger partial charge on any atom is -0.378 e. The molecule has 3 rings (SSSR count). The van der Waals surface area contributed by atoms with E-state index in [1.807, 2.05) is 0 Å². The van der Waals surface area contributed by atoms with Crippen LogP contribution in [-0.2, 0) is 14.2 Å². The van der Waals surface area contributed by atoms with E-state index in [-0.39, 0.29) is 5.60 Å². The van der Waals surface area contributed by atoms with Crippen molar-refractivity contribution in [3.05, 3.63) is 0 Å². The van der Waals surface area contributed by atoms with Crippen molar-refractivity contribution in [2.24, 2.45) is 5.92 Å². The van der Waals surface area contributed by atoms with Crippen LogP contribution in [0.1, 0.15) is 25.7 Å². The molecule has 3 heteroatoms. The van der Waals surface area contributed by atoms with E-state index in [1.54, 1.807) is 0 Å². The molecule has 3 heterocycles. The maximum atomic E-state index is 5.89. The van der Waals surface area contributed by atoms with E-state index in [4.69, 9.17) is 14.2 Å². The molecule has 3 fully saturated rings. The van der Waals surface area contributed by atoms with Crippen molar-refractivity contribution in [1.29, 1.82) is 0 Å². The Kier molecular flexibility index (Phi) is 2.26. The third kappa shape index (κ3) is 1.81. The molecule has 0 saturated carbocycles. The standard InChI is InChI=1S/C11H18O3/c1-3-14-11(2-4-12-8-11)6-9(1)5-10-7-13-10/h9-10H,1-8H2. The molecule has 3 atom stereocenters. The van der Waals surface area contributed by atoms with Crippen molar-refractivity contribution in [3.63, 3.8) is 0 Å². The Hall–Kier alpha value is -0.120. The van der Waals surface area contributed by atoms with E-state index in [2.05, 4.69) is 0 Å². The van der Waals surface area contributed by atoms with Crippen LogP contribution in [-0.4, -0.2) is 38.1 Å². The highest BCUT2D eigenvalue weighted by Crippen LogP contribution is 2.38. The first-order chi connectivity index (χ1) is 6.86. The summed E-state index contributed by atoms with van der Waals surface area (Å²) in [4.78, 5) is 0. The molecule has 0 aromatic carbocycles. The van der Waals surface area contributed by atoms with Gasteiger partial charge in [0.15, 0.2) is 0 Å². The Morgan fingerprint density at radius 1 is 1.29 bits per heavy atom. The quantitative estimate of drug-likeness (QED) is 0.628. The van der Waals surface area contributed by atoms with Gasteiger partial charge in [-0.1, -0.05) is 0 Å². The Bertz CT molecular complexity index is 207. The smallest absolute Gasteiger partial charge is 0.0939 e. The fraction of sp³-hybridized carbons (Fsp3) is 1.00. The first-order valence-corrected chi connectivity index (χ1v) is 5.70. The lowest BCUT2D eigenvalue weighted by atomic mass is 9.83. The van der Waals surface area contributed by atoms with Crippen LogP contribution < -0.4 is 0 Å². The van der Waals surface area contributed by atoms with Crippen LogP contribution >= 0.6 is 0 Å². The molecule has 0 bridgehead atoms. The van der Waals surface area contributed by atoms with Crippen LogP contribution in [0.15, 0.2) is 0 Å². The van der Waals surface area contributed by atoms with E-state index in [0.717, 1.165) is 38.8 Å². The van der Waals surface area contributed by atoms with Gasteiger partial charge in [0.25, 0.3) is 0 Å². The van der Waals surface area contributed by atoms with Crippen molar-refractivity contribution < 1.29 is 14.2 Å². The van der Waals surface area contributed by atoms with Gasteiger partial charge in [0, 0.05) is 19.6 Å². The number of epoxide rings is 1. The summed E-state index contributed by atoms with van der Waals surface area (Å²) in [6.45, 7) is 3.60. The zero-order valence-corrected chi connectivity index (χ0v) is 8.54. The van der Waals surface area contributed by atoms with Gasteiger partial charge in [-0.2, -0.15) is 0 Å². The van der Waals surface area contributed by atoms with Crippen LogP contribution in [0.3, 0.4) is 0 Å². The monoisotopic (exact) mass is 198 g/mol. The first kappa shape index (κ1) is 9.13. The normalized spacial score (nSPS) is 47.1. The maximum Gasteiger partial charge on any atom is 0.0939 e. The minimum absolute atomic E-state index is 0.0812. The zero-order valence-electron chi connectivity index (χ0n) is 8.54.